The lowest BCUT2D eigenvalue weighted by atomic mass is 9.68. The lowest BCUT2D eigenvalue weighted by molar-refractivity contribution is -0.529. The van der Waals surface area contributed by atoms with Gasteiger partial charge in [-0.2, -0.15) is 0 Å². The van der Waals surface area contributed by atoms with E-state index in [1.54, 1.807) is 0 Å². The summed E-state index contributed by atoms with van der Waals surface area (Å²) in [5, 5.41) is 55.4. The van der Waals surface area contributed by atoms with E-state index in [-0.39, 0.29) is 85.7 Å². The lowest BCUT2D eigenvalue weighted by Crippen LogP contribution is -2.50. The molecule has 0 aliphatic heterocycles. The van der Waals surface area contributed by atoms with Crippen molar-refractivity contribution in [1.82, 2.24) is 10.8 Å². The number of nitrogens with zero attached hydrogens (tertiary/aromatic N) is 2. The van der Waals surface area contributed by atoms with E-state index in [9.17, 15) is 50.0 Å². The molecule has 0 heterocycles. The Morgan fingerprint density at radius 1 is 0.554 bits per heavy atom. The maximum Gasteiger partial charge on any atom is 0.307 e. The summed E-state index contributed by atoms with van der Waals surface area (Å²) in [4.78, 5) is 59.0. The predicted molar refractivity (Wildman–Crippen MR) is 201 cm³/mol. The molecular weight excluding hydrogens is 728 g/mol. The lowest BCUT2D eigenvalue weighted by Gasteiger charge is -2.42. The zero-order valence-corrected chi connectivity index (χ0v) is 32.6. The molecule has 6 saturated carbocycles. The van der Waals surface area contributed by atoms with Gasteiger partial charge >= 0.3 is 11.9 Å². The third kappa shape index (κ3) is 10.8. The van der Waals surface area contributed by atoms with Gasteiger partial charge in [0.15, 0.2) is 0 Å². The number of ether oxygens (including phenoxy) is 2. The molecule has 16 nitrogen and oxygen atoms in total. The fourth-order valence-electron chi connectivity index (χ4n) is 11.7. The Labute approximate surface area is 328 Å². The minimum atomic E-state index is -1.06. The third-order valence-electron chi connectivity index (χ3n) is 15.0. The molecule has 56 heavy (non-hydrogen) atoms. The molecule has 0 aromatic carbocycles. The number of carboxylic acid groups (broad SMARTS) is 2. The first kappa shape index (κ1) is 42.7. The second kappa shape index (κ2) is 19.7. The summed E-state index contributed by atoms with van der Waals surface area (Å²) >= 11 is 0. The van der Waals surface area contributed by atoms with Gasteiger partial charge in [0.2, 0.25) is 18.0 Å². The van der Waals surface area contributed by atoms with Gasteiger partial charge in [0.1, 0.15) is 0 Å². The molecule has 316 valence electrons. The Kier molecular flexibility index (Phi) is 15.0. The molecule has 7 unspecified atom stereocenters. The van der Waals surface area contributed by atoms with Crippen LogP contribution in [-0.4, -0.2) is 91.7 Å². The Hall–Kier alpha value is -2.95. The number of hydroxylamine groups is 1. The second-order valence-corrected chi connectivity index (χ2v) is 18.2. The van der Waals surface area contributed by atoms with Gasteiger partial charge in [-0.15, -0.1) is 0 Å². The van der Waals surface area contributed by atoms with Crippen LogP contribution in [-0.2, 0) is 23.9 Å². The average molecular weight is 793 g/mol. The van der Waals surface area contributed by atoms with Crippen LogP contribution in [0.3, 0.4) is 0 Å². The highest BCUT2D eigenvalue weighted by atomic mass is 16.6. The fourth-order valence-corrected chi connectivity index (χ4v) is 11.7. The van der Waals surface area contributed by atoms with E-state index in [0.717, 1.165) is 77.0 Å². The number of hydrogen-bond acceptors (Lipinski definition) is 11. The zero-order chi connectivity index (χ0) is 39.9. The first-order valence-corrected chi connectivity index (χ1v) is 21.6. The molecule has 0 spiro atoms. The number of carbonyl (C=O) groups excluding carboxylic acids is 1. The van der Waals surface area contributed by atoms with Crippen molar-refractivity contribution >= 4 is 17.8 Å². The van der Waals surface area contributed by atoms with E-state index in [1.165, 1.54) is 25.7 Å². The number of hydrogen-bond donors (Lipinski definition) is 5. The van der Waals surface area contributed by atoms with E-state index in [2.05, 4.69) is 10.8 Å². The van der Waals surface area contributed by atoms with Gasteiger partial charge in [-0.25, -0.2) is 5.48 Å². The highest BCUT2D eigenvalue weighted by Crippen LogP contribution is 2.43. The molecule has 6 fully saturated rings. The summed E-state index contributed by atoms with van der Waals surface area (Å²) in [5.74, 6) is -3.86. The summed E-state index contributed by atoms with van der Waals surface area (Å²) < 4.78 is 13.2. The first-order valence-electron chi connectivity index (χ1n) is 21.6. The predicted octanol–water partition coefficient (Wildman–Crippen LogP) is 5.76. The monoisotopic (exact) mass is 792 g/mol. The van der Waals surface area contributed by atoms with Gasteiger partial charge in [0, 0.05) is 47.6 Å². The van der Waals surface area contributed by atoms with Crippen LogP contribution in [0.25, 0.3) is 0 Å². The van der Waals surface area contributed by atoms with Crippen LogP contribution >= 0.6 is 0 Å². The molecule has 0 saturated heterocycles. The van der Waals surface area contributed by atoms with Crippen molar-refractivity contribution in [3.8, 4) is 0 Å². The van der Waals surface area contributed by atoms with Crippen molar-refractivity contribution < 1.29 is 49.1 Å². The van der Waals surface area contributed by atoms with Crippen molar-refractivity contribution in [1.29, 1.82) is 0 Å². The molecule has 1 amide bonds. The van der Waals surface area contributed by atoms with Gasteiger partial charge in [-0.1, -0.05) is 0 Å². The van der Waals surface area contributed by atoms with E-state index in [1.807, 2.05) is 0 Å². The Bertz CT molecular complexity index is 1350. The van der Waals surface area contributed by atoms with Crippen LogP contribution in [0.1, 0.15) is 141 Å². The van der Waals surface area contributed by atoms with Crippen molar-refractivity contribution in [3.05, 3.63) is 20.2 Å². The number of aliphatic carboxylic acids is 2. The molecule has 5 N–H and O–H groups in total. The molecule has 0 aromatic heterocycles. The SMILES string of the molecule is O=C(O)C1CCC([N+](=O)[O-])CC1C(=O)NC1CCC(OC2CCC(C3CCC(OC4CCC(C(NO)C5CC([N+](=O)[O-])CCC5C(=O)O)CC4)CC3)CC2)CC1. The molecule has 0 aromatic rings. The highest BCUT2D eigenvalue weighted by molar-refractivity contribution is 5.85. The maximum absolute atomic E-state index is 13.1. The topological polar surface area (TPSA) is 241 Å². The van der Waals surface area contributed by atoms with Crippen molar-refractivity contribution in [2.75, 3.05) is 0 Å². The van der Waals surface area contributed by atoms with Crippen molar-refractivity contribution in [2.45, 2.75) is 190 Å². The van der Waals surface area contributed by atoms with Gasteiger partial charge in [0.25, 0.3) is 0 Å². The Morgan fingerprint density at radius 2 is 0.982 bits per heavy atom. The number of nitro groups is 2. The summed E-state index contributed by atoms with van der Waals surface area (Å²) in [6.45, 7) is 0. The number of amides is 1. The standard InChI is InChI=1S/C40H64N4O12/c45-38(36-22-28(44(53)54)10-20-34(36)40(48)49)41-26-7-17-32(18-8-26)56-30-13-3-24(4-14-30)23-1-11-29(12-2-23)55-31-15-5-25(6-16-31)37(42-50)35-21-27(43(51)52)9-19-33(35)39(46)47/h23-37,42,50H,1-22H2,(H,41,45)(H,46,47)(H,48,49). The zero-order valence-electron chi connectivity index (χ0n) is 32.6. The van der Waals surface area contributed by atoms with Crippen molar-refractivity contribution in [2.24, 2.45) is 41.4 Å². The van der Waals surface area contributed by atoms with E-state index < -0.39 is 58.7 Å². The van der Waals surface area contributed by atoms with Gasteiger partial charge in [-0.05, 0) is 139 Å². The first-order chi connectivity index (χ1) is 26.9. The van der Waals surface area contributed by atoms with Crippen LogP contribution in [0.2, 0.25) is 0 Å². The molecule has 7 atom stereocenters. The summed E-state index contributed by atoms with van der Waals surface area (Å²) in [6.07, 6.45) is 17.1. The van der Waals surface area contributed by atoms with Crippen LogP contribution < -0.4 is 10.8 Å². The minimum Gasteiger partial charge on any atom is -0.481 e. The number of carboxylic acids is 2. The molecule has 0 radical (unpaired) electrons. The summed E-state index contributed by atoms with van der Waals surface area (Å²) in [5.41, 5.74) is 2.39. The Balaban J connectivity index is 0.854. The number of carbonyl (C=O) groups is 3. The minimum absolute atomic E-state index is 0.0296. The fraction of sp³-hybridized carbons (Fsp3) is 0.925. The number of rotatable bonds is 14. The second-order valence-electron chi connectivity index (χ2n) is 18.2. The molecule has 0 bridgehead atoms. The van der Waals surface area contributed by atoms with Crippen LogP contribution in [0.15, 0.2) is 0 Å². The third-order valence-corrected chi connectivity index (χ3v) is 15.0. The molecular formula is C40H64N4O12. The number of nitrogens with one attached hydrogen (secondary N) is 2. The molecule has 6 aliphatic carbocycles. The van der Waals surface area contributed by atoms with E-state index >= 15 is 0 Å². The quantitative estimate of drug-likeness (QED) is 0.104. The van der Waals surface area contributed by atoms with Crippen molar-refractivity contribution in [3.63, 3.8) is 0 Å². The smallest absolute Gasteiger partial charge is 0.307 e. The van der Waals surface area contributed by atoms with Crippen LogP contribution in [0.5, 0.6) is 0 Å². The largest absolute Gasteiger partial charge is 0.481 e. The highest BCUT2D eigenvalue weighted by Gasteiger charge is 2.47. The van der Waals surface area contributed by atoms with Crippen LogP contribution in [0, 0.1) is 61.7 Å². The molecule has 16 heteroatoms. The Morgan fingerprint density at radius 3 is 1.43 bits per heavy atom. The maximum atomic E-state index is 13.1. The van der Waals surface area contributed by atoms with Gasteiger partial charge < -0.3 is 30.2 Å². The summed E-state index contributed by atoms with van der Waals surface area (Å²) in [7, 11) is 0. The van der Waals surface area contributed by atoms with Gasteiger partial charge in [0.05, 0.1) is 42.2 Å². The molecule has 6 aliphatic rings. The summed E-state index contributed by atoms with van der Waals surface area (Å²) in [6, 6.07) is -2.20. The van der Waals surface area contributed by atoms with Crippen LogP contribution in [0.4, 0.5) is 0 Å². The normalized spacial score (nSPS) is 40.2. The van der Waals surface area contributed by atoms with E-state index in [4.69, 9.17) is 9.47 Å². The average Bonchev–Trinajstić information content (AvgIpc) is 3.19. The molecule has 6 rings (SSSR count). The van der Waals surface area contributed by atoms with E-state index in [0.29, 0.717) is 11.8 Å². The van der Waals surface area contributed by atoms with Gasteiger partial charge in [-0.3, -0.25) is 34.6 Å².